The molecular weight excluding hydrogens is 342 g/mol. The van der Waals surface area contributed by atoms with Crippen LogP contribution < -0.4 is 11.0 Å². The molecule has 0 aromatic carbocycles. The fourth-order valence-electron chi connectivity index (χ4n) is 3.30. The average Bonchev–Trinajstić information content (AvgIpc) is 3.00. The summed E-state index contributed by atoms with van der Waals surface area (Å²) in [6.07, 6.45) is -0.0625. The summed E-state index contributed by atoms with van der Waals surface area (Å²) in [6.45, 7) is 8.48. The van der Waals surface area contributed by atoms with Crippen LogP contribution in [0.5, 0.6) is 0 Å². The summed E-state index contributed by atoms with van der Waals surface area (Å²) in [5.41, 5.74) is -0.604. The van der Waals surface area contributed by atoms with E-state index < -0.39 is 42.1 Å². The number of fused-ring (bicyclic) bond motifs is 1. The molecule has 2 aliphatic rings. The van der Waals surface area contributed by atoms with Crippen molar-refractivity contribution >= 4 is 11.7 Å². The molecule has 0 radical (unpaired) electrons. The van der Waals surface area contributed by atoms with Crippen LogP contribution >= 0.6 is 0 Å². The van der Waals surface area contributed by atoms with E-state index in [4.69, 9.17) is 14.2 Å². The Morgan fingerprint density at radius 1 is 1.50 bits per heavy atom. The molecular formula is C17H23N3O6. The third-order valence-corrected chi connectivity index (χ3v) is 4.26. The quantitative estimate of drug-likeness (QED) is 0.733. The lowest BCUT2D eigenvalue weighted by molar-refractivity contribution is -0.207. The summed E-state index contributed by atoms with van der Waals surface area (Å²) in [5, 5.41) is 12.8. The Morgan fingerprint density at radius 2 is 2.19 bits per heavy atom. The summed E-state index contributed by atoms with van der Waals surface area (Å²) in [7, 11) is 0. The summed E-state index contributed by atoms with van der Waals surface area (Å²) in [5.74, 6) is -1.04. The second-order valence-corrected chi connectivity index (χ2v) is 6.83. The van der Waals surface area contributed by atoms with Crippen LogP contribution in [-0.4, -0.2) is 50.8 Å². The molecule has 3 rings (SSSR count). The van der Waals surface area contributed by atoms with Crippen LogP contribution in [0.4, 0.5) is 5.82 Å². The van der Waals surface area contributed by atoms with Crippen molar-refractivity contribution in [1.29, 1.82) is 0 Å². The zero-order valence-electron chi connectivity index (χ0n) is 14.9. The van der Waals surface area contributed by atoms with E-state index in [-0.39, 0.29) is 11.7 Å². The van der Waals surface area contributed by atoms with Crippen molar-refractivity contribution in [2.45, 2.75) is 63.6 Å². The highest BCUT2D eigenvalue weighted by Gasteiger charge is 2.57. The Kier molecular flexibility index (Phi) is 4.98. The highest BCUT2D eigenvalue weighted by atomic mass is 16.8. The molecule has 2 saturated heterocycles. The molecule has 0 bridgehead atoms. The molecule has 2 N–H and O–H groups in total. The highest BCUT2D eigenvalue weighted by Crippen LogP contribution is 2.43. The van der Waals surface area contributed by atoms with E-state index in [1.165, 1.54) is 23.8 Å². The lowest BCUT2D eigenvalue weighted by Gasteiger charge is -2.26. The van der Waals surface area contributed by atoms with Gasteiger partial charge in [0.25, 0.3) is 0 Å². The van der Waals surface area contributed by atoms with Crippen molar-refractivity contribution in [3.63, 3.8) is 0 Å². The number of aromatic nitrogens is 2. The second kappa shape index (κ2) is 6.92. The topological polar surface area (TPSA) is 112 Å². The van der Waals surface area contributed by atoms with Crippen LogP contribution in [0.2, 0.25) is 0 Å². The third-order valence-electron chi connectivity index (χ3n) is 4.26. The molecule has 2 aliphatic heterocycles. The number of carbonyl (C=O) groups excluding carboxylic acids is 1. The Hall–Kier alpha value is -2.07. The van der Waals surface area contributed by atoms with Gasteiger partial charge >= 0.3 is 5.69 Å². The van der Waals surface area contributed by atoms with Gasteiger partial charge in [0.05, 0.1) is 6.10 Å². The molecule has 1 aromatic rings. The number of rotatable bonds is 5. The van der Waals surface area contributed by atoms with Crippen molar-refractivity contribution in [3.05, 3.63) is 35.4 Å². The van der Waals surface area contributed by atoms with Crippen LogP contribution in [0, 0.1) is 0 Å². The summed E-state index contributed by atoms with van der Waals surface area (Å²) < 4.78 is 19.0. The molecule has 142 valence electrons. The van der Waals surface area contributed by atoms with Gasteiger partial charge in [0.1, 0.15) is 24.1 Å². The van der Waals surface area contributed by atoms with E-state index in [2.05, 4.69) is 16.9 Å². The molecule has 9 heteroatoms. The number of anilines is 1. The fourth-order valence-corrected chi connectivity index (χ4v) is 3.30. The SMILES string of the molecule is C=CC[C@@H](O)[C@H]1O[C@@H](n2ccc(NC(C)=O)nc2=O)[C@@H]2OC(C)(C)O[C@@H]21. The first-order valence-corrected chi connectivity index (χ1v) is 8.38. The number of ether oxygens (including phenoxy) is 3. The Labute approximate surface area is 150 Å². The maximum absolute atomic E-state index is 12.4. The number of hydrogen-bond acceptors (Lipinski definition) is 7. The fraction of sp³-hybridized carbons (Fsp3) is 0.588. The first kappa shape index (κ1) is 18.7. The van der Waals surface area contributed by atoms with Gasteiger partial charge in [0.15, 0.2) is 12.0 Å². The van der Waals surface area contributed by atoms with Crippen LogP contribution in [-0.2, 0) is 19.0 Å². The van der Waals surface area contributed by atoms with E-state index in [1.54, 1.807) is 19.9 Å². The molecule has 0 unspecified atom stereocenters. The van der Waals surface area contributed by atoms with Gasteiger partial charge in [0.2, 0.25) is 5.91 Å². The van der Waals surface area contributed by atoms with Gasteiger partial charge in [-0.25, -0.2) is 4.79 Å². The molecule has 5 atom stereocenters. The van der Waals surface area contributed by atoms with Crippen molar-refractivity contribution < 1.29 is 24.1 Å². The molecule has 1 aromatic heterocycles. The van der Waals surface area contributed by atoms with Gasteiger partial charge in [-0.15, -0.1) is 6.58 Å². The van der Waals surface area contributed by atoms with E-state index in [1.807, 2.05) is 0 Å². The second-order valence-electron chi connectivity index (χ2n) is 6.83. The smallest absolute Gasteiger partial charge is 0.351 e. The molecule has 0 spiro atoms. The molecule has 26 heavy (non-hydrogen) atoms. The molecule has 9 nitrogen and oxygen atoms in total. The van der Waals surface area contributed by atoms with Crippen LogP contribution in [0.15, 0.2) is 29.7 Å². The number of carbonyl (C=O) groups is 1. The van der Waals surface area contributed by atoms with Crippen molar-refractivity contribution in [1.82, 2.24) is 9.55 Å². The number of nitrogens with one attached hydrogen (secondary N) is 1. The Balaban J connectivity index is 1.91. The zero-order chi connectivity index (χ0) is 19.1. The van der Waals surface area contributed by atoms with Gasteiger partial charge in [0, 0.05) is 13.1 Å². The number of aliphatic hydroxyl groups is 1. The lowest BCUT2D eigenvalue weighted by atomic mass is 10.0. The predicted molar refractivity (Wildman–Crippen MR) is 91.4 cm³/mol. The summed E-state index contributed by atoms with van der Waals surface area (Å²) >= 11 is 0. The van der Waals surface area contributed by atoms with Gasteiger partial charge in [-0.1, -0.05) is 6.08 Å². The minimum Gasteiger partial charge on any atom is -0.390 e. The molecule has 0 saturated carbocycles. The van der Waals surface area contributed by atoms with Gasteiger partial charge in [-0.3, -0.25) is 9.36 Å². The Morgan fingerprint density at radius 3 is 2.81 bits per heavy atom. The summed E-state index contributed by atoms with van der Waals surface area (Å²) in [4.78, 5) is 27.4. The first-order valence-electron chi connectivity index (χ1n) is 8.38. The van der Waals surface area contributed by atoms with Gasteiger partial charge < -0.3 is 24.6 Å². The number of amides is 1. The Bertz CT molecular complexity index is 761. The lowest BCUT2D eigenvalue weighted by Crippen LogP contribution is -2.38. The first-order chi connectivity index (χ1) is 12.2. The van der Waals surface area contributed by atoms with Crippen molar-refractivity contribution in [2.75, 3.05) is 5.32 Å². The molecule has 2 fully saturated rings. The average molecular weight is 365 g/mol. The van der Waals surface area contributed by atoms with E-state index >= 15 is 0 Å². The maximum atomic E-state index is 12.4. The van der Waals surface area contributed by atoms with E-state index in [0.717, 1.165) is 0 Å². The molecule has 0 aliphatic carbocycles. The minimum absolute atomic E-state index is 0.153. The molecule has 1 amide bonds. The van der Waals surface area contributed by atoms with Gasteiger partial charge in [-0.2, -0.15) is 4.98 Å². The van der Waals surface area contributed by atoms with Crippen molar-refractivity contribution in [3.8, 4) is 0 Å². The van der Waals surface area contributed by atoms with Crippen LogP contribution in [0.25, 0.3) is 0 Å². The monoisotopic (exact) mass is 365 g/mol. The number of nitrogens with zero attached hydrogens (tertiary/aromatic N) is 2. The highest BCUT2D eigenvalue weighted by molar-refractivity contribution is 5.87. The van der Waals surface area contributed by atoms with Crippen LogP contribution in [0.1, 0.15) is 33.4 Å². The maximum Gasteiger partial charge on any atom is 0.351 e. The van der Waals surface area contributed by atoms with E-state index in [9.17, 15) is 14.7 Å². The van der Waals surface area contributed by atoms with Crippen LogP contribution in [0.3, 0.4) is 0 Å². The largest absolute Gasteiger partial charge is 0.390 e. The zero-order valence-corrected chi connectivity index (χ0v) is 14.9. The standard InChI is InChI=1S/C17H23N3O6/c1-5-6-10(22)12-13-14(26-17(3,4)25-13)15(24-12)20-8-7-11(18-9(2)21)19-16(20)23/h5,7-8,10,12-15,22H,1,6H2,2-4H3,(H,18,19,21,23)/t10-,12-,13-,14-,15-/m1/s1. The number of hydrogen-bond donors (Lipinski definition) is 2. The minimum atomic E-state index is -0.864. The van der Waals surface area contributed by atoms with E-state index in [0.29, 0.717) is 6.42 Å². The summed E-state index contributed by atoms with van der Waals surface area (Å²) in [6, 6.07) is 1.50. The number of aliphatic hydroxyl groups excluding tert-OH is 1. The molecule has 3 heterocycles. The normalized spacial score (nSPS) is 30.6. The van der Waals surface area contributed by atoms with Gasteiger partial charge in [-0.05, 0) is 26.3 Å². The predicted octanol–water partition coefficient (Wildman–Crippen LogP) is 0.556. The third kappa shape index (κ3) is 3.56. The van der Waals surface area contributed by atoms with Crippen molar-refractivity contribution in [2.24, 2.45) is 0 Å².